The maximum Gasteiger partial charge on any atom is 0.275 e. The zero-order chi connectivity index (χ0) is 16.8. The van der Waals surface area contributed by atoms with Gasteiger partial charge in [-0.05, 0) is 19.1 Å². The quantitative estimate of drug-likeness (QED) is 0.513. The van der Waals surface area contributed by atoms with E-state index in [4.69, 9.17) is 11.6 Å². The fourth-order valence-electron chi connectivity index (χ4n) is 2.55. The Morgan fingerprint density at radius 1 is 1.21 bits per heavy atom. The standard InChI is InChI=1S/C17H10ClN3O2S/c1-9-2-4-11(5-3-9)21-8-20-14-12-13(18)10(7-22)6-19-16(12)24-15(14)17(21)23/h2-8H,1H3. The third kappa shape index (κ3) is 2.15. The van der Waals surface area contributed by atoms with Crippen molar-refractivity contribution in [3.8, 4) is 5.69 Å². The Kier molecular flexibility index (Phi) is 3.44. The number of rotatable bonds is 2. The topological polar surface area (TPSA) is 64.8 Å². The molecule has 1 aromatic carbocycles. The molecule has 0 aliphatic rings. The largest absolute Gasteiger partial charge is 0.298 e. The van der Waals surface area contributed by atoms with Crippen molar-refractivity contribution in [1.29, 1.82) is 0 Å². The Labute approximate surface area is 145 Å². The average Bonchev–Trinajstić information content (AvgIpc) is 2.97. The lowest BCUT2D eigenvalue weighted by Crippen LogP contribution is -2.17. The second-order valence-electron chi connectivity index (χ2n) is 5.36. The van der Waals surface area contributed by atoms with Crippen LogP contribution in [0.1, 0.15) is 15.9 Å². The first kappa shape index (κ1) is 15.0. The summed E-state index contributed by atoms with van der Waals surface area (Å²) in [6.07, 6.45) is 3.53. The molecule has 0 saturated heterocycles. The Balaban J connectivity index is 2.05. The summed E-state index contributed by atoms with van der Waals surface area (Å²) in [5.74, 6) is 0. The molecule has 3 heterocycles. The first-order valence-electron chi connectivity index (χ1n) is 7.10. The maximum absolute atomic E-state index is 12.8. The Hall–Kier alpha value is -2.57. The minimum atomic E-state index is -0.185. The van der Waals surface area contributed by atoms with Gasteiger partial charge >= 0.3 is 0 Å². The van der Waals surface area contributed by atoms with Gasteiger partial charge < -0.3 is 0 Å². The first-order valence-corrected chi connectivity index (χ1v) is 8.30. The molecule has 5 nitrogen and oxygen atoms in total. The molecule has 0 spiro atoms. The molecule has 0 radical (unpaired) electrons. The van der Waals surface area contributed by atoms with E-state index in [1.165, 1.54) is 28.4 Å². The lowest BCUT2D eigenvalue weighted by molar-refractivity contribution is 0.112. The van der Waals surface area contributed by atoms with Crippen molar-refractivity contribution >= 4 is 49.7 Å². The number of carbonyl (C=O) groups is 1. The van der Waals surface area contributed by atoms with Gasteiger partial charge in [0.05, 0.1) is 27.2 Å². The van der Waals surface area contributed by atoms with Crippen molar-refractivity contribution in [2.24, 2.45) is 0 Å². The molecule has 7 heteroatoms. The Morgan fingerprint density at radius 3 is 2.67 bits per heavy atom. The monoisotopic (exact) mass is 355 g/mol. The number of benzene rings is 1. The highest BCUT2D eigenvalue weighted by Crippen LogP contribution is 2.35. The maximum atomic E-state index is 12.8. The Bertz CT molecular complexity index is 1160. The fraction of sp³-hybridized carbons (Fsp3) is 0.0588. The van der Waals surface area contributed by atoms with Gasteiger partial charge in [0.1, 0.15) is 15.9 Å². The van der Waals surface area contributed by atoms with Crippen LogP contribution in [0.5, 0.6) is 0 Å². The summed E-state index contributed by atoms with van der Waals surface area (Å²) in [6.45, 7) is 1.98. The minimum absolute atomic E-state index is 0.185. The molecule has 24 heavy (non-hydrogen) atoms. The van der Waals surface area contributed by atoms with Crippen molar-refractivity contribution in [2.45, 2.75) is 6.92 Å². The summed E-state index contributed by atoms with van der Waals surface area (Å²) < 4.78 is 1.96. The molecule has 3 aromatic heterocycles. The fourth-order valence-corrected chi connectivity index (χ4v) is 3.91. The smallest absolute Gasteiger partial charge is 0.275 e. The molecule has 0 aliphatic carbocycles. The SMILES string of the molecule is Cc1ccc(-n2cnc3c(sc4ncc(C=O)c(Cl)c43)c2=O)cc1. The molecule has 0 unspecified atom stereocenters. The number of hydrogen-bond acceptors (Lipinski definition) is 5. The van der Waals surface area contributed by atoms with Crippen LogP contribution in [0, 0.1) is 6.92 Å². The van der Waals surface area contributed by atoms with Crippen LogP contribution in [-0.4, -0.2) is 20.8 Å². The molecule has 0 fully saturated rings. The number of hydrogen-bond donors (Lipinski definition) is 0. The molecule has 4 aromatic rings. The summed E-state index contributed by atoms with van der Waals surface area (Å²) in [6, 6.07) is 7.61. The molecule has 0 saturated carbocycles. The number of carbonyl (C=O) groups excluding carboxylic acids is 1. The molecule has 0 N–H and O–H groups in total. The first-order chi connectivity index (χ1) is 11.6. The van der Waals surface area contributed by atoms with Gasteiger partial charge in [-0.3, -0.25) is 14.2 Å². The van der Waals surface area contributed by atoms with Crippen LogP contribution in [-0.2, 0) is 0 Å². The average molecular weight is 356 g/mol. The molecule has 118 valence electrons. The highest BCUT2D eigenvalue weighted by atomic mass is 35.5. The number of aryl methyl sites for hydroxylation is 1. The van der Waals surface area contributed by atoms with Crippen molar-refractivity contribution in [1.82, 2.24) is 14.5 Å². The van der Waals surface area contributed by atoms with Crippen LogP contribution in [0.2, 0.25) is 5.02 Å². The summed E-state index contributed by atoms with van der Waals surface area (Å²) in [5, 5.41) is 0.829. The molecule has 0 atom stereocenters. The summed E-state index contributed by atoms with van der Waals surface area (Å²) in [4.78, 5) is 33.1. The lowest BCUT2D eigenvalue weighted by atomic mass is 10.2. The summed E-state index contributed by atoms with van der Waals surface area (Å²) in [7, 11) is 0. The molecule has 4 rings (SSSR count). The summed E-state index contributed by atoms with van der Waals surface area (Å²) >= 11 is 7.50. The minimum Gasteiger partial charge on any atom is -0.298 e. The Morgan fingerprint density at radius 2 is 1.96 bits per heavy atom. The van der Waals surface area contributed by atoms with Crippen molar-refractivity contribution < 1.29 is 4.79 Å². The van der Waals surface area contributed by atoms with Crippen molar-refractivity contribution in [2.75, 3.05) is 0 Å². The van der Waals surface area contributed by atoms with Gasteiger partial charge in [0, 0.05) is 6.20 Å². The molecular weight excluding hydrogens is 346 g/mol. The van der Waals surface area contributed by atoms with Gasteiger partial charge in [-0.1, -0.05) is 29.3 Å². The molecule has 0 bridgehead atoms. The number of halogens is 1. The highest BCUT2D eigenvalue weighted by Gasteiger charge is 2.17. The zero-order valence-electron chi connectivity index (χ0n) is 12.5. The molecule has 0 aliphatic heterocycles. The summed E-state index contributed by atoms with van der Waals surface area (Å²) in [5.41, 5.74) is 2.43. The van der Waals surface area contributed by atoms with Crippen molar-refractivity contribution in [3.63, 3.8) is 0 Å². The molecule has 0 amide bonds. The van der Waals surface area contributed by atoms with Gasteiger partial charge in [0.2, 0.25) is 0 Å². The van der Waals surface area contributed by atoms with Gasteiger partial charge in [0.25, 0.3) is 5.56 Å². The number of fused-ring (bicyclic) bond motifs is 3. The van der Waals surface area contributed by atoms with E-state index in [-0.39, 0.29) is 16.1 Å². The van der Waals surface area contributed by atoms with E-state index in [9.17, 15) is 9.59 Å². The number of aromatic nitrogens is 3. The van der Waals surface area contributed by atoms with Gasteiger partial charge in [-0.25, -0.2) is 9.97 Å². The van der Waals surface area contributed by atoms with E-state index < -0.39 is 0 Å². The van der Waals surface area contributed by atoms with E-state index in [1.807, 2.05) is 31.2 Å². The number of thiophene rings is 1. The van der Waals surface area contributed by atoms with Gasteiger partial charge in [-0.15, -0.1) is 11.3 Å². The van der Waals surface area contributed by atoms with E-state index in [0.29, 0.717) is 26.7 Å². The predicted octanol–water partition coefficient (Wildman–Crippen LogP) is 3.77. The van der Waals surface area contributed by atoms with E-state index in [1.54, 1.807) is 0 Å². The van der Waals surface area contributed by atoms with Crippen LogP contribution in [0.4, 0.5) is 0 Å². The van der Waals surface area contributed by atoms with E-state index in [0.717, 1.165) is 11.3 Å². The van der Waals surface area contributed by atoms with Crippen LogP contribution in [0.15, 0.2) is 41.6 Å². The van der Waals surface area contributed by atoms with E-state index >= 15 is 0 Å². The molecular formula is C17H10ClN3O2S. The van der Waals surface area contributed by atoms with Crippen LogP contribution in [0.3, 0.4) is 0 Å². The second-order valence-corrected chi connectivity index (χ2v) is 6.74. The zero-order valence-corrected chi connectivity index (χ0v) is 14.1. The number of aldehydes is 1. The van der Waals surface area contributed by atoms with Crippen LogP contribution >= 0.6 is 22.9 Å². The van der Waals surface area contributed by atoms with Gasteiger partial charge in [0.15, 0.2) is 6.29 Å². The van der Waals surface area contributed by atoms with Crippen LogP contribution in [0.25, 0.3) is 26.1 Å². The lowest BCUT2D eigenvalue weighted by Gasteiger charge is -2.05. The highest BCUT2D eigenvalue weighted by molar-refractivity contribution is 7.25. The number of nitrogens with zero attached hydrogens (tertiary/aromatic N) is 3. The van der Waals surface area contributed by atoms with Gasteiger partial charge in [-0.2, -0.15) is 0 Å². The normalized spacial score (nSPS) is 11.2. The number of pyridine rings is 1. The van der Waals surface area contributed by atoms with Crippen LogP contribution < -0.4 is 5.56 Å². The third-order valence-electron chi connectivity index (χ3n) is 3.81. The predicted molar refractivity (Wildman–Crippen MR) is 95.7 cm³/mol. The second kappa shape index (κ2) is 5.51. The van der Waals surface area contributed by atoms with E-state index in [2.05, 4.69) is 9.97 Å². The van der Waals surface area contributed by atoms with Crippen molar-refractivity contribution in [3.05, 3.63) is 63.3 Å². The third-order valence-corrected chi connectivity index (χ3v) is 5.29.